The molecule has 0 spiro atoms. The fraction of sp³-hybridized carbons (Fsp3) is 0.714. The summed E-state index contributed by atoms with van der Waals surface area (Å²) in [5.41, 5.74) is 1.64. The molecule has 8 heavy (non-hydrogen) atoms. The molecule has 0 fully saturated rings. The van der Waals surface area contributed by atoms with Gasteiger partial charge in [-0.25, -0.2) is 0 Å². The van der Waals surface area contributed by atoms with Crippen molar-refractivity contribution in [3.05, 3.63) is 11.8 Å². The molecule has 0 aromatic carbocycles. The van der Waals surface area contributed by atoms with E-state index in [2.05, 4.69) is 20.8 Å². The third kappa shape index (κ3) is 0.726. The zero-order valence-corrected chi connectivity index (χ0v) is 5.69. The smallest absolute Gasteiger partial charge is 0.0962 e. The molecule has 0 bridgehead atoms. The van der Waals surface area contributed by atoms with Gasteiger partial charge in [0.25, 0.3) is 0 Å². The van der Waals surface area contributed by atoms with E-state index in [0.717, 1.165) is 6.61 Å². The van der Waals surface area contributed by atoms with Crippen molar-refractivity contribution in [2.24, 2.45) is 5.41 Å². The van der Waals surface area contributed by atoms with Gasteiger partial charge < -0.3 is 4.74 Å². The van der Waals surface area contributed by atoms with Gasteiger partial charge in [0.1, 0.15) is 0 Å². The fourth-order valence-corrected chi connectivity index (χ4v) is 0.648. The van der Waals surface area contributed by atoms with Crippen LogP contribution in [-0.2, 0) is 4.74 Å². The van der Waals surface area contributed by atoms with Gasteiger partial charge in [-0.05, 0) is 12.5 Å². The maximum Gasteiger partial charge on any atom is 0.0962 e. The van der Waals surface area contributed by atoms with Gasteiger partial charge in [0.2, 0.25) is 0 Å². The van der Waals surface area contributed by atoms with E-state index in [1.807, 2.05) is 6.26 Å². The van der Waals surface area contributed by atoms with Crippen LogP contribution in [0.4, 0.5) is 0 Å². The summed E-state index contributed by atoms with van der Waals surface area (Å²) < 4.78 is 5.11. The largest absolute Gasteiger partial charge is 0.500 e. The van der Waals surface area contributed by atoms with E-state index in [0.29, 0.717) is 5.41 Å². The Morgan fingerprint density at radius 1 is 1.62 bits per heavy atom. The highest BCUT2D eigenvalue weighted by Gasteiger charge is 2.25. The van der Waals surface area contributed by atoms with E-state index < -0.39 is 0 Å². The molecule has 1 rings (SSSR count). The van der Waals surface area contributed by atoms with Crippen molar-refractivity contribution in [2.45, 2.75) is 20.8 Å². The van der Waals surface area contributed by atoms with Gasteiger partial charge in [-0.3, -0.25) is 0 Å². The van der Waals surface area contributed by atoms with Crippen LogP contribution in [0.15, 0.2) is 11.8 Å². The molecule has 1 aliphatic heterocycles. The first kappa shape index (κ1) is 5.67. The molecule has 0 radical (unpaired) electrons. The first-order chi connectivity index (χ1) is 3.63. The summed E-state index contributed by atoms with van der Waals surface area (Å²) in [5, 5.41) is 0. The highest BCUT2D eigenvalue weighted by Crippen LogP contribution is 2.30. The minimum Gasteiger partial charge on any atom is -0.500 e. The molecule has 46 valence electrons. The van der Waals surface area contributed by atoms with E-state index >= 15 is 0 Å². The van der Waals surface area contributed by atoms with Crippen molar-refractivity contribution in [1.82, 2.24) is 0 Å². The Morgan fingerprint density at radius 3 is 2.38 bits per heavy atom. The van der Waals surface area contributed by atoms with Gasteiger partial charge in [0, 0.05) is 5.41 Å². The molecule has 0 saturated carbocycles. The summed E-state index contributed by atoms with van der Waals surface area (Å²) in [6.45, 7) is 7.32. The third-order valence-electron chi connectivity index (χ3n) is 1.77. The lowest BCUT2D eigenvalue weighted by atomic mass is 9.89. The monoisotopic (exact) mass is 112 g/mol. The second kappa shape index (κ2) is 1.51. The first-order valence-corrected chi connectivity index (χ1v) is 2.92. The van der Waals surface area contributed by atoms with Crippen LogP contribution in [0.2, 0.25) is 0 Å². The first-order valence-electron chi connectivity index (χ1n) is 2.92. The van der Waals surface area contributed by atoms with Crippen LogP contribution in [0.3, 0.4) is 0 Å². The molecule has 1 heterocycles. The van der Waals surface area contributed by atoms with Gasteiger partial charge in [0.05, 0.1) is 12.9 Å². The highest BCUT2D eigenvalue weighted by atomic mass is 16.5. The van der Waals surface area contributed by atoms with Crippen LogP contribution in [0.25, 0.3) is 0 Å². The van der Waals surface area contributed by atoms with Gasteiger partial charge in [-0.15, -0.1) is 0 Å². The molecule has 0 aromatic heterocycles. The Hall–Kier alpha value is -0.460. The number of ether oxygens (including phenoxy) is 1. The molecule has 0 aliphatic carbocycles. The second-order valence-corrected chi connectivity index (χ2v) is 3.00. The van der Waals surface area contributed by atoms with E-state index in [-0.39, 0.29) is 0 Å². The van der Waals surface area contributed by atoms with Crippen molar-refractivity contribution in [2.75, 3.05) is 6.61 Å². The predicted octanol–water partition coefficient (Wildman–Crippen LogP) is 1.95. The van der Waals surface area contributed by atoms with E-state index in [1.165, 1.54) is 5.57 Å². The zero-order valence-electron chi connectivity index (χ0n) is 5.69. The Morgan fingerprint density at radius 2 is 2.25 bits per heavy atom. The fourth-order valence-electron chi connectivity index (χ4n) is 0.648. The average molecular weight is 112 g/mol. The topological polar surface area (TPSA) is 9.23 Å². The molecule has 0 aromatic rings. The van der Waals surface area contributed by atoms with Crippen molar-refractivity contribution in [1.29, 1.82) is 0 Å². The summed E-state index contributed by atoms with van der Waals surface area (Å²) in [7, 11) is 0. The Bertz CT molecular complexity index is 122. The molecule has 0 N–H and O–H groups in total. The Kier molecular flexibility index (Phi) is 1.07. The maximum atomic E-state index is 5.11. The second-order valence-electron chi connectivity index (χ2n) is 3.00. The van der Waals surface area contributed by atoms with Crippen LogP contribution >= 0.6 is 0 Å². The molecule has 1 heteroatoms. The molecule has 1 nitrogen and oxygen atoms in total. The molecule has 0 saturated heterocycles. The van der Waals surface area contributed by atoms with Crippen molar-refractivity contribution in [3.63, 3.8) is 0 Å². The van der Waals surface area contributed by atoms with E-state index in [4.69, 9.17) is 4.74 Å². The highest BCUT2D eigenvalue weighted by molar-refractivity contribution is 5.10. The summed E-state index contributed by atoms with van der Waals surface area (Å²) in [6, 6.07) is 0. The summed E-state index contributed by atoms with van der Waals surface area (Å²) >= 11 is 0. The van der Waals surface area contributed by atoms with Crippen LogP contribution in [0, 0.1) is 5.41 Å². The maximum absolute atomic E-state index is 5.11. The number of hydrogen-bond acceptors (Lipinski definition) is 1. The lowest BCUT2D eigenvalue weighted by Crippen LogP contribution is -2.12. The molecular formula is C7H12O. The molecular weight excluding hydrogens is 100 g/mol. The minimum atomic E-state index is 0.292. The van der Waals surface area contributed by atoms with Crippen LogP contribution in [0.5, 0.6) is 0 Å². The van der Waals surface area contributed by atoms with Gasteiger partial charge in [0.15, 0.2) is 0 Å². The lowest BCUT2D eigenvalue weighted by Gasteiger charge is -2.15. The Balaban J connectivity index is 2.73. The Labute approximate surface area is 50.3 Å². The summed E-state index contributed by atoms with van der Waals surface area (Å²) in [5.74, 6) is 0. The molecule has 0 atom stereocenters. The quantitative estimate of drug-likeness (QED) is 0.465. The van der Waals surface area contributed by atoms with Gasteiger partial charge >= 0.3 is 0 Å². The molecule has 0 amide bonds. The van der Waals surface area contributed by atoms with Crippen molar-refractivity contribution < 1.29 is 4.74 Å². The van der Waals surface area contributed by atoms with E-state index in [9.17, 15) is 0 Å². The standard InChI is InChI=1S/C7H12O/c1-6-4-8-5-7(6,2)3/h4H,5H2,1-3H3. The molecule has 1 aliphatic rings. The van der Waals surface area contributed by atoms with E-state index in [1.54, 1.807) is 0 Å². The number of rotatable bonds is 0. The van der Waals surface area contributed by atoms with Gasteiger partial charge in [-0.2, -0.15) is 0 Å². The lowest BCUT2D eigenvalue weighted by molar-refractivity contribution is 0.208. The van der Waals surface area contributed by atoms with Crippen molar-refractivity contribution in [3.8, 4) is 0 Å². The summed E-state index contributed by atoms with van der Waals surface area (Å²) in [6.07, 6.45) is 1.85. The molecule has 0 unspecified atom stereocenters. The zero-order chi connectivity index (χ0) is 6.20. The van der Waals surface area contributed by atoms with Crippen LogP contribution in [0.1, 0.15) is 20.8 Å². The normalized spacial score (nSPS) is 24.6. The van der Waals surface area contributed by atoms with Crippen LogP contribution in [-0.4, -0.2) is 6.61 Å². The summed E-state index contributed by atoms with van der Waals surface area (Å²) in [4.78, 5) is 0. The van der Waals surface area contributed by atoms with Crippen molar-refractivity contribution >= 4 is 0 Å². The SMILES string of the molecule is CC1=COCC1(C)C. The third-order valence-corrected chi connectivity index (χ3v) is 1.77. The van der Waals surface area contributed by atoms with Gasteiger partial charge in [-0.1, -0.05) is 13.8 Å². The number of hydrogen-bond donors (Lipinski definition) is 0. The average Bonchev–Trinajstić information content (AvgIpc) is 1.86. The van der Waals surface area contributed by atoms with Crippen LogP contribution < -0.4 is 0 Å². The minimum absolute atomic E-state index is 0.292. The predicted molar refractivity (Wildman–Crippen MR) is 33.5 cm³/mol.